The van der Waals surface area contributed by atoms with Crippen LogP contribution in [0.3, 0.4) is 0 Å². The minimum absolute atomic E-state index is 0.284. The molecule has 0 bridgehead atoms. The van der Waals surface area contributed by atoms with Crippen molar-refractivity contribution in [1.82, 2.24) is 20.2 Å². The molecule has 0 saturated heterocycles. The van der Waals surface area contributed by atoms with E-state index in [4.69, 9.17) is 5.11 Å². The molecule has 6 heteroatoms. The average molecular weight is 260 g/mol. The van der Waals surface area contributed by atoms with Crippen molar-refractivity contribution < 1.29 is 9.90 Å². The number of carboxylic acids is 1. The third kappa shape index (κ3) is 3.37. The lowest BCUT2D eigenvalue weighted by Gasteiger charge is -2.04. The summed E-state index contributed by atoms with van der Waals surface area (Å²) in [5, 5.41) is 20.5. The third-order valence-corrected chi connectivity index (χ3v) is 2.89. The van der Waals surface area contributed by atoms with Gasteiger partial charge in [-0.05, 0) is 34.5 Å². The van der Waals surface area contributed by atoms with Gasteiger partial charge in [0.1, 0.15) is 0 Å². The second kappa shape index (κ2) is 6.08. The van der Waals surface area contributed by atoms with Crippen molar-refractivity contribution in [2.75, 3.05) is 0 Å². The quantitative estimate of drug-likeness (QED) is 0.856. The van der Waals surface area contributed by atoms with E-state index in [-0.39, 0.29) is 5.56 Å². The fourth-order valence-corrected chi connectivity index (χ4v) is 1.79. The SMILES string of the molecule is CCCCc1nnnn1Cc1ccc(C(=O)O)cc1. The summed E-state index contributed by atoms with van der Waals surface area (Å²) < 4.78 is 1.76. The van der Waals surface area contributed by atoms with Gasteiger partial charge in [-0.1, -0.05) is 25.5 Å². The molecular weight excluding hydrogens is 244 g/mol. The first-order valence-corrected chi connectivity index (χ1v) is 6.28. The molecule has 0 saturated carbocycles. The number of carboxylic acid groups (broad SMARTS) is 1. The van der Waals surface area contributed by atoms with Gasteiger partial charge in [0.05, 0.1) is 12.1 Å². The maximum Gasteiger partial charge on any atom is 0.335 e. The Labute approximate surface area is 111 Å². The summed E-state index contributed by atoms with van der Waals surface area (Å²) in [6.07, 6.45) is 3.01. The second-order valence-electron chi connectivity index (χ2n) is 4.36. The number of unbranched alkanes of at least 4 members (excludes halogenated alkanes) is 1. The molecule has 100 valence electrons. The highest BCUT2D eigenvalue weighted by molar-refractivity contribution is 5.87. The summed E-state index contributed by atoms with van der Waals surface area (Å²) in [6.45, 7) is 2.69. The number of benzene rings is 1. The molecule has 0 aliphatic heterocycles. The Balaban J connectivity index is 2.08. The highest BCUT2D eigenvalue weighted by Gasteiger charge is 2.07. The summed E-state index contributed by atoms with van der Waals surface area (Å²) in [5.41, 5.74) is 1.27. The van der Waals surface area contributed by atoms with Gasteiger partial charge in [0.15, 0.2) is 5.82 Å². The Kier molecular flexibility index (Phi) is 4.22. The fourth-order valence-electron chi connectivity index (χ4n) is 1.79. The van der Waals surface area contributed by atoms with Gasteiger partial charge in [-0.25, -0.2) is 9.48 Å². The van der Waals surface area contributed by atoms with Crippen molar-refractivity contribution in [2.24, 2.45) is 0 Å². The lowest BCUT2D eigenvalue weighted by atomic mass is 10.1. The van der Waals surface area contributed by atoms with E-state index in [1.165, 1.54) is 0 Å². The van der Waals surface area contributed by atoms with Crippen LogP contribution in [0.5, 0.6) is 0 Å². The van der Waals surface area contributed by atoms with Crippen molar-refractivity contribution in [2.45, 2.75) is 32.7 Å². The molecule has 0 amide bonds. The molecule has 0 unspecified atom stereocenters. The Morgan fingerprint density at radius 1 is 1.32 bits per heavy atom. The summed E-state index contributed by atoms with van der Waals surface area (Å²) in [6, 6.07) is 6.75. The molecule has 0 atom stereocenters. The number of aryl methyl sites for hydroxylation is 1. The fraction of sp³-hybridized carbons (Fsp3) is 0.385. The molecule has 0 radical (unpaired) electrons. The Morgan fingerprint density at radius 3 is 2.68 bits per heavy atom. The molecule has 1 aromatic heterocycles. The molecular formula is C13H16N4O2. The van der Waals surface area contributed by atoms with Crippen LogP contribution in [0.25, 0.3) is 0 Å². The van der Waals surface area contributed by atoms with Gasteiger partial charge in [-0.2, -0.15) is 0 Å². The summed E-state index contributed by atoms with van der Waals surface area (Å²) in [7, 11) is 0. The van der Waals surface area contributed by atoms with E-state index in [9.17, 15) is 4.79 Å². The molecule has 2 rings (SSSR count). The lowest BCUT2D eigenvalue weighted by molar-refractivity contribution is 0.0697. The molecule has 6 nitrogen and oxygen atoms in total. The molecule has 0 fully saturated rings. The maximum absolute atomic E-state index is 10.8. The number of rotatable bonds is 6. The van der Waals surface area contributed by atoms with Crippen molar-refractivity contribution in [3.05, 3.63) is 41.2 Å². The van der Waals surface area contributed by atoms with E-state index in [2.05, 4.69) is 22.4 Å². The monoisotopic (exact) mass is 260 g/mol. The van der Waals surface area contributed by atoms with E-state index in [0.717, 1.165) is 30.7 Å². The number of hydrogen-bond acceptors (Lipinski definition) is 4. The van der Waals surface area contributed by atoms with Crippen LogP contribution in [-0.2, 0) is 13.0 Å². The lowest BCUT2D eigenvalue weighted by Crippen LogP contribution is -2.07. The van der Waals surface area contributed by atoms with Crippen molar-refractivity contribution in [1.29, 1.82) is 0 Å². The Morgan fingerprint density at radius 2 is 2.05 bits per heavy atom. The van der Waals surface area contributed by atoms with Crippen molar-refractivity contribution in [3.8, 4) is 0 Å². The standard InChI is InChI=1S/C13H16N4O2/c1-2-3-4-12-14-15-16-17(12)9-10-5-7-11(8-6-10)13(18)19/h5-8H,2-4,9H2,1H3,(H,18,19). The van der Waals surface area contributed by atoms with Gasteiger partial charge in [0.2, 0.25) is 0 Å². The van der Waals surface area contributed by atoms with Crippen LogP contribution < -0.4 is 0 Å². The van der Waals surface area contributed by atoms with E-state index >= 15 is 0 Å². The first kappa shape index (κ1) is 13.2. The normalized spacial score (nSPS) is 10.6. The highest BCUT2D eigenvalue weighted by Crippen LogP contribution is 2.08. The largest absolute Gasteiger partial charge is 0.478 e. The molecule has 1 aromatic carbocycles. The molecule has 1 heterocycles. The third-order valence-electron chi connectivity index (χ3n) is 2.89. The maximum atomic E-state index is 10.8. The predicted octanol–water partition coefficient (Wildman–Crippen LogP) is 1.76. The van der Waals surface area contributed by atoms with Crippen molar-refractivity contribution >= 4 is 5.97 Å². The van der Waals surface area contributed by atoms with Gasteiger partial charge < -0.3 is 5.11 Å². The minimum atomic E-state index is -0.919. The number of aromatic nitrogens is 4. The summed E-state index contributed by atoms with van der Waals surface area (Å²) in [5.74, 6) is -0.0539. The number of hydrogen-bond donors (Lipinski definition) is 1. The Bertz CT molecular complexity index is 548. The molecule has 1 N–H and O–H groups in total. The second-order valence-corrected chi connectivity index (χ2v) is 4.36. The van der Waals surface area contributed by atoms with E-state index in [1.54, 1.807) is 28.9 Å². The van der Waals surface area contributed by atoms with Crippen LogP contribution in [0.2, 0.25) is 0 Å². The van der Waals surface area contributed by atoms with Crippen LogP contribution in [0, 0.1) is 0 Å². The zero-order chi connectivity index (χ0) is 13.7. The van der Waals surface area contributed by atoms with Gasteiger partial charge >= 0.3 is 5.97 Å². The smallest absolute Gasteiger partial charge is 0.335 e. The molecule has 19 heavy (non-hydrogen) atoms. The molecule has 0 aliphatic rings. The van der Waals surface area contributed by atoms with Crippen LogP contribution in [0.1, 0.15) is 41.5 Å². The zero-order valence-electron chi connectivity index (χ0n) is 10.8. The first-order valence-electron chi connectivity index (χ1n) is 6.28. The summed E-state index contributed by atoms with van der Waals surface area (Å²) in [4.78, 5) is 10.8. The van der Waals surface area contributed by atoms with Crippen LogP contribution in [-0.4, -0.2) is 31.3 Å². The molecule has 0 spiro atoms. The van der Waals surface area contributed by atoms with Gasteiger partial charge in [0, 0.05) is 6.42 Å². The highest BCUT2D eigenvalue weighted by atomic mass is 16.4. The summed E-state index contributed by atoms with van der Waals surface area (Å²) >= 11 is 0. The average Bonchev–Trinajstić information content (AvgIpc) is 2.84. The number of nitrogens with zero attached hydrogens (tertiary/aromatic N) is 4. The number of carbonyl (C=O) groups is 1. The Hall–Kier alpha value is -2.24. The zero-order valence-corrected chi connectivity index (χ0v) is 10.8. The number of tetrazole rings is 1. The van der Waals surface area contributed by atoms with Gasteiger partial charge in [0.25, 0.3) is 0 Å². The topological polar surface area (TPSA) is 80.9 Å². The van der Waals surface area contributed by atoms with E-state index < -0.39 is 5.97 Å². The van der Waals surface area contributed by atoms with Crippen LogP contribution in [0.4, 0.5) is 0 Å². The van der Waals surface area contributed by atoms with Crippen LogP contribution in [0.15, 0.2) is 24.3 Å². The van der Waals surface area contributed by atoms with E-state index in [1.807, 2.05) is 0 Å². The van der Waals surface area contributed by atoms with E-state index in [0.29, 0.717) is 6.54 Å². The van der Waals surface area contributed by atoms with Gasteiger partial charge in [-0.3, -0.25) is 0 Å². The first-order chi connectivity index (χ1) is 9.20. The minimum Gasteiger partial charge on any atom is -0.478 e. The van der Waals surface area contributed by atoms with Gasteiger partial charge in [-0.15, -0.1) is 5.10 Å². The van der Waals surface area contributed by atoms with Crippen molar-refractivity contribution in [3.63, 3.8) is 0 Å². The van der Waals surface area contributed by atoms with Crippen LogP contribution >= 0.6 is 0 Å². The predicted molar refractivity (Wildman–Crippen MR) is 68.9 cm³/mol. The molecule has 2 aromatic rings. The number of aromatic carboxylic acids is 1. The molecule has 0 aliphatic carbocycles.